The average molecular weight is 294 g/mol. The minimum atomic E-state index is 0.0363. The van der Waals surface area contributed by atoms with Crippen molar-refractivity contribution in [2.45, 2.75) is 46.0 Å². The van der Waals surface area contributed by atoms with Crippen molar-refractivity contribution in [3.8, 4) is 12.3 Å². The van der Waals surface area contributed by atoms with Crippen LogP contribution in [-0.2, 0) is 4.79 Å². The van der Waals surface area contributed by atoms with Gasteiger partial charge in [0.1, 0.15) is 0 Å². The second kappa shape index (κ2) is 9.07. The average Bonchev–Trinajstić information content (AvgIpc) is 2.52. The summed E-state index contributed by atoms with van der Waals surface area (Å²) < 4.78 is 0. The Morgan fingerprint density at radius 2 is 2.00 bits per heavy atom. The largest absolute Gasteiger partial charge is 0.396 e. The fourth-order valence-corrected chi connectivity index (χ4v) is 3.08. The van der Waals surface area contributed by atoms with Crippen molar-refractivity contribution < 1.29 is 9.90 Å². The lowest BCUT2D eigenvalue weighted by Crippen LogP contribution is -2.44. The van der Waals surface area contributed by atoms with Gasteiger partial charge in [0.05, 0.1) is 6.54 Å². The first-order valence-electron chi connectivity index (χ1n) is 8.15. The van der Waals surface area contributed by atoms with Crippen molar-refractivity contribution in [1.82, 2.24) is 10.2 Å². The topological polar surface area (TPSA) is 52.6 Å². The summed E-state index contributed by atoms with van der Waals surface area (Å²) in [5, 5.41) is 12.3. The molecule has 0 radical (unpaired) electrons. The molecule has 0 saturated carbocycles. The lowest BCUT2D eigenvalue weighted by molar-refractivity contribution is -0.127. The first kappa shape index (κ1) is 18.0. The molecule has 1 aliphatic rings. The Morgan fingerprint density at radius 1 is 1.38 bits per heavy atom. The van der Waals surface area contributed by atoms with E-state index < -0.39 is 0 Å². The van der Waals surface area contributed by atoms with Gasteiger partial charge in [0.2, 0.25) is 5.91 Å². The molecule has 120 valence electrons. The highest BCUT2D eigenvalue weighted by atomic mass is 16.3. The number of terminal acetylenes is 1. The lowest BCUT2D eigenvalue weighted by Gasteiger charge is -2.33. The van der Waals surface area contributed by atoms with Crippen LogP contribution in [0.3, 0.4) is 0 Å². The third kappa shape index (κ3) is 5.33. The molecular formula is C17H30N2O2. The zero-order valence-electron chi connectivity index (χ0n) is 13.5. The van der Waals surface area contributed by atoms with Crippen molar-refractivity contribution in [3.05, 3.63) is 0 Å². The van der Waals surface area contributed by atoms with Gasteiger partial charge in [-0.3, -0.25) is 9.69 Å². The quantitative estimate of drug-likeness (QED) is 0.669. The maximum atomic E-state index is 12.3. The van der Waals surface area contributed by atoms with Crippen molar-refractivity contribution in [2.24, 2.45) is 11.3 Å². The zero-order valence-corrected chi connectivity index (χ0v) is 13.5. The van der Waals surface area contributed by atoms with E-state index in [-0.39, 0.29) is 23.8 Å². The highest BCUT2D eigenvalue weighted by molar-refractivity contribution is 5.78. The summed E-state index contributed by atoms with van der Waals surface area (Å²) in [5.74, 6) is 2.93. The Bertz CT molecular complexity index is 350. The minimum absolute atomic E-state index is 0.0363. The van der Waals surface area contributed by atoms with Crippen LogP contribution < -0.4 is 5.32 Å². The molecule has 21 heavy (non-hydrogen) atoms. The predicted molar refractivity (Wildman–Crippen MR) is 85.7 cm³/mol. The summed E-state index contributed by atoms with van der Waals surface area (Å²) in [4.78, 5) is 14.5. The van der Waals surface area contributed by atoms with Crippen molar-refractivity contribution in [1.29, 1.82) is 0 Å². The number of likely N-dealkylation sites (tertiary alicyclic amines) is 1. The minimum Gasteiger partial charge on any atom is -0.396 e. The van der Waals surface area contributed by atoms with E-state index >= 15 is 0 Å². The standard InChI is InChI=1S/C17H30N2O2/c1-4-10-19-11-7-15(8-12-19)16(21)18-14-17(5-2,6-3)9-13-20/h1,15,20H,5-14H2,2-3H3,(H,18,21). The molecule has 0 aliphatic carbocycles. The van der Waals surface area contributed by atoms with Crippen molar-refractivity contribution >= 4 is 5.91 Å². The molecule has 2 N–H and O–H groups in total. The number of rotatable bonds is 8. The van der Waals surface area contributed by atoms with E-state index in [0.717, 1.165) is 45.2 Å². The Kier molecular flexibility index (Phi) is 7.77. The summed E-state index contributed by atoms with van der Waals surface area (Å²) >= 11 is 0. The molecule has 1 heterocycles. The molecule has 4 heteroatoms. The molecule has 1 aliphatic heterocycles. The number of hydrogen-bond donors (Lipinski definition) is 2. The number of nitrogens with zero attached hydrogens (tertiary/aromatic N) is 1. The smallest absolute Gasteiger partial charge is 0.223 e. The van der Waals surface area contributed by atoms with Crippen LogP contribution in [0.5, 0.6) is 0 Å². The van der Waals surface area contributed by atoms with Gasteiger partial charge in [-0.25, -0.2) is 0 Å². The molecule has 0 atom stereocenters. The Balaban J connectivity index is 2.42. The molecule has 4 nitrogen and oxygen atoms in total. The number of carbonyl (C=O) groups is 1. The molecule has 0 aromatic carbocycles. The van der Waals surface area contributed by atoms with E-state index in [1.807, 2.05) is 0 Å². The number of aliphatic hydroxyl groups excluding tert-OH is 1. The second-order valence-electron chi connectivity index (χ2n) is 6.15. The molecule has 0 aromatic rings. The van der Waals surface area contributed by atoms with Crippen LogP contribution in [0.15, 0.2) is 0 Å². The summed E-state index contributed by atoms with van der Waals surface area (Å²) in [7, 11) is 0. The van der Waals surface area contributed by atoms with Gasteiger partial charge >= 0.3 is 0 Å². The van der Waals surface area contributed by atoms with Crippen LogP contribution >= 0.6 is 0 Å². The van der Waals surface area contributed by atoms with E-state index in [2.05, 4.69) is 30.0 Å². The summed E-state index contributed by atoms with van der Waals surface area (Å²) in [6, 6.07) is 0. The van der Waals surface area contributed by atoms with E-state index in [9.17, 15) is 9.90 Å². The van der Waals surface area contributed by atoms with Crippen LogP contribution in [0, 0.1) is 23.7 Å². The van der Waals surface area contributed by atoms with E-state index in [1.54, 1.807) is 0 Å². The Labute approximate surface area is 129 Å². The number of aliphatic hydroxyl groups is 1. The second-order valence-corrected chi connectivity index (χ2v) is 6.15. The van der Waals surface area contributed by atoms with Gasteiger partial charge in [-0.1, -0.05) is 19.8 Å². The molecule has 1 saturated heterocycles. The highest BCUT2D eigenvalue weighted by Gasteiger charge is 2.29. The van der Waals surface area contributed by atoms with Crippen LogP contribution in [0.25, 0.3) is 0 Å². The van der Waals surface area contributed by atoms with Gasteiger partial charge in [0.25, 0.3) is 0 Å². The first-order valence-corrected chi connectivity index (χ1v) is 8.15. The Morgan fingerprint density at radius 3 is 2.48 bits per heavy atom. The van der Waals surface area contributed by atoms with E-state index in [0.29, 0.717) is 13.1 Å². The Hall–Kier alpha value is -1.05. The van der Waals surface area contributed by atoms with Crippen LogP contribution in [0.2, 0.25) is 0 Å². The number of amides is 1. The van der Waals surface area contributed by atoms with Crippen LogP contribution in [0.4, 0.5) is 0 Å². The van der Waals surface area contributed by atoms with Gasteiger partial charge in [0, 0.05) is 19.1 Å². The third-order valence-electron chi connectivity index (χ3n) is 5.05. The van der Waals surface area contributed by atoms with Crippen molar-refractivity contribution in [2.75, 3.05) is 32.8 Å². The van der Waals surface area contributed by atoms with Crippen molar-refractivity contribution in [3.63, 3.8) is 0 Å². The molecule has 0 aromatic heterocycles. The molecule has 1 rings (SSSR count). The summed E-state index contributed by atoms with van der Waals surface area (Å²) in [6.07, 6.45) is 9.80. The highest BCUT2D eigenvalue weighted by Crippen LogP contribution is 2.29. The lowest BCUT2D eigenvalue weighted by atomic mass is 9.79. The fraction of sp³-hybridized carbons (Fsp3) is 0.824. The van der Waals surface area contributed by atoms with Gasteiger partial charge in [0.15, 0.2) is 0 Å². The molecule has 1 fully saturated rings. The normalized spacial score (nSPS) is 17.4. The van der Waals surface area contributed by atoms with Crippen LogP contribution in [0.1, 0.15) is 46.0 Å². The van der Waals surface area contributed by atoms with Crippen LogP contribution in [-0.4, -0.2) is 48.7 Å². The maximum absolute atomic E-state index is 12.3. The zero-order chi connectivity index (χ0) is 15.7. The van der Waals surface area contributed by atoms with E-state index in [1.165, 1.54) is 0 Å². The number of nitrogens with one attached hydrogen (secondary N) is 1. The van der Waals surface area contributed by atoms with Gasteiger partial charge in [-0.15, -0.1) is 6.42 Å². The molecule has 0 bridgehead atoms. The van der Waals surface area contributed by atoms with Gasteiger partial charge < -0.3 is 10.4 Å². The maximum Gasteiger partial charge on any atom is 0.223 e. The van der Waals surface area contributed by atoms with Gasteiger partial charge in [-0.05, 0) is 50.6 Å². The van der Waals surface area contributed by atoms with E-state index in [4.69, 9.17) is 6.42 Å². The summed E-state index contributed by atoms with van der Waals surface area (Å²) in [5.41, 5.74) is 0.0363. The predicted octanol–water partition coefficient (Wildman–Crippen LogP) is 1.64. The molecule has 0 unspecified atom stereocenters. The number of carbonyl (C=O) groups excluding carboxylic acids is 1. The fourth-order valence-electron chi connectivity index (χ4n) is 3.08. The number of piperidine rings is 1. The van der Waals surface area contributed by atoms with Gasteiger partial charge in [-0.2, -0.15) is 0 Å². The monoisotopic (exact) mass is 294 g/mol. The third-order valence-corrected chi connectivity index (χ3v) is 5.05. The molecule has 1 amide bonds. The number of hydrogen-bond acceptors (Lipinski definition) is 3. The molecular weight excluding hydrogens is 264 g/mol. The SMILES string of the molecule is C#CCN1CCC(C(=O)NCC(CC)(CC)CCO)CC1. The molecule has 0 spiro atoms. The first-order chi connectivity index (χ1) is 10.1. The summed E-state index contributed by atoms with van der Waals surface area (Å²) in [6.45, 7) is 7.61.